The molecule has 34 heavy (non-hydrogen) atoms. The minimum Gasteiger partial charge on any atom is -0.490 e. The summed E-state index contributed by atoms with van der Waals surface area (Å²) in [6.45, 7) is 0.287. The maximum atomic E-state index is 12.9. The molecular formula is C19H11Cl2F3N6O4. The Labute approximate surface area is 197 Å². The Morgan fingerprint density at radius 2 is 2.03 bits per heavy atom. The number of carbonyl (C=O) groups is 1. The highest BCUT2D eigenvalue weighted by atomic mass is 35.5. The molecule has 1 aliphatic rings. The van der Waals surface area contributed by atoms with Crippen molar-refractivity contribution < 1.29 is 32.0 Å². The Bertz CT molecular complexity index is 1410. The van der Waals surface area contributed by atoms with E-state index in [4.69, 9.17) is 37.2 Å². The van der Waals surface area contributed by atoms with Gasteiger partial charge in [-0.05, 0) is 18.2 Å². The van der Waals surface area contributed by atoms with Crippen molar-refractivity contribution in [2.24, 2.45) is 0 Å². The molecule has 1 amide bonds. The van der Waals surface area contributed by atoms with E-state index < -0.39 is 18.0 Å². The molecule has 1 N–H and O–H groups in total. The molecule has 1 saturated heterocycles. The fraction of sp³-hybridized carbons (Fsp3) is 0.211. The van der Waals surface area contributed by atoms with Gasteiger partial charge in [0.1, 0.15) is 30.7 Å². The van der Waals surface area contributed by atoms with Crippen LogP contribution in [0.25, 0.3) is 28.6 Å². The first-order valence-corrected chi connectivity index (χ1v) is 10.3. The second-order valence-corrected chi connectivity index (χ2v) is 7.90. The van der Waals surface area contributed by atoms with Crippen LogP contribution in [0.15, 0.2) is 35.0 Å². The molecule has 0 aliphatic carbocycles. The maximum absolute atomic E-state index is 12.9. The lowest BCUT2D eigenvalue weighted by molar-refractivity contribution is -0.141. The van der Waals surface area contributed by atoms with Gasteiger partial charge in [0.2, 0.25) is 5.82 Å². The standard InChI is InChI=1S/C19H11Cl2F3N6O4/c20-10-4-13(32-6-8-7-33-18(31)25-8)11(21)3-9(10)16-27-17(34-29-16)12-5-30-15(26-12)2-1-14(28-30)19(22,23)24/h1-5,8H,6-7H2,(H,25,31)/t8-/m1/s1. The van der Waals surface area contributed by atoms with Crippen molar-refractivity contribution in [3.05, 3.63) is 46.2 Å². The SMILES string of the molecule is O=C1N[C@H](COc2cc(Cl)c(-c3noc(-c4cn5nc(C(F)(F)F)ccc5n4)n3)cc2Cl)CO1. The third kappa shape index (κ3) is 4.31. The van der Waals surface area contributed by atoms with Gasteiger partial charge in [-0.25, -0.2) is 14.3 Å². The van der Waals surface area contributed by atoms with Gasteiger partial charge in [0.05, 0.1) is 16.2 Å². The van der Waals surface area contributed by atoms with E-state index in [1.807, 2.05) is 0 Å². The van der Waals surface area contributed by atoms with Gasteiger partial charge in [0.15, 0.2) is 11.3 Å². The number of alkyl halides is 3. The van der Waals surface area contributed by atoms with Crippen LogP contribution in [0.2, 0.25) is 10.0 Å². The average Bonchev–Trinajstić information content (AvgIpc) is 3.51. The number of hydrogen-bond donors (Lipinski definition) is 1. The Morgan fingerprint density at radius 3 is 2.76 bits per heavy atom. The van der Waals surface area contributed by atoms with Crippen molar-refractivity contribution in [3.63, 3.8) is 0 Å². The van der Waals surface area contributed by atoms with Crippen LogP contribution < -0.4 is 10.1 Å². The number of nitrogens with zero attached hydrogens (tertiary/aromatic N) is 5. The first kappa shape index (κ1) is 22.2. The molecule has 176 valence electrons. The van der Waals surface area contributed by atoms with E-state index in [0.29, 0.717) is 5.56 Å². The molecule has 4 heterocycles. The van der Waals surface area contributed by atoms with E-state index in [1.54, 1.807) is 0 Å². The summed E-state index contributed by atoms with van der Waals surface area (Å²) in [4.78, 5) is 19.5. The van der Waals surface area contributed by atoms with Crippen LogP contribution in [-0.4, -0.2) is 50.1 Å². The van der Waals surface area contributed by atoms with Gasteiger partial charge >= 0.3 is 12.3 Å². The summed E-state index contributed by atoms with van der Waals surface area (Å²) in [6.07, 6.45) is -3.89. The third-order valence-electron chi connectivity index (χ3n) is 4.70. The Hall–Kier alpha value is -3.58. The molecule has 4 aromatic rings. The number of amides is 1. The number of carbonyl (C=O) groups excluding carboxylic acids is 1. The predicted molar refractivity (Wildman–Crippen MR) is 111 cm³/mol. The molecule has 1 aromatic carbocycles. The van der Waals surface area contributed by atoms with Crippen LogP contribution in [0.3, 0.4) is 0 Å². The molecule has 15 heteroatoms. The number of fused-ring (bicyclic) bond motifs is 1. The van der Waals surface area contributed by atoms with E-state index in [9.17, 15) is 18.0 Å². The predicted octanol–water partition coefficient (Wildman–Crippen LogP) is 4.26. The molecule has 0 spiro atoms. The highest BCUT2D eigenvalue weighted by Gasteiger charge is 2.33. The van der Waals surface area contributed by atoms with Gasteiger partial charge in [-0.15, -0.1) is 0 Å². The topological polar surface area (TPSA) is 117 Å². The monoisotopic (exact) mass is 514 g/mol. The van der Waals surface area contributed by atoms with Crippen molar-refractivity contribution in [2.45, 2.75) is 12.2 Å². The number of aromatic nitrogens is 5. The maximum Gasteiger partial charge on any atom is 0.435 e. The number of cyclic esters (lactones) is 1. The number of hydrogen-bond acceptors (Lipinski definition) is 8. The lowest BCUT2D eigenvalue weighted by Crippen LogP contribution is -2.32. The van der Waals surface area contributed by atoms with E-state index in [-0.39, 0.29) is 58.1 Å². The fourth-order valence-corrected chi connectivity index (χ4v) is 3.55. The molecule has 10 nitrogen and oxygen atoms in total. The van der Waals surface area contributed by atoms with Gasteiger partial charge in [0.25, 0.3) is 5.89 Å². The lowest BCUT2D eigenvalue weighted by Gasteiger charge is -2.12. The van der Waals surface area contributed by atoms with Crippen LogP contribution >= 0.6 is 23.2 Å². The van der Waals surface area contributed by atoms with E-state index in [1.165, 1.54) is 24.4 Å². The summed E-state index contributed by atoms with van der Waals surface area (Å²) in [5, 5.41) is 10.3. The molecular weight excluding hydrogens is 504 g/mol. The van der Waals surface area contributed by atoms with Gasteiger partial charge in [0, 0.05) is 11.6 Å². The molecule has 3 aromatic heterocycles. The van der Waals surface area contributed by atoms with E-state index >= 15 is 0 Å². The number of halogens is 5. The molecule has 0 saturated carbocycles. The smallest absolute Gasteiger partial charge is 0.435 e. The number of imidazole rings is 1. The van der Waals surface area contributed by atoms with Gasteiger partial charge in [-0.1, -0.05) is 28.4 Å². The summed E-state index contributed by atoms with van der Waals surface area (Å²) in [7, 11) is 0. The number of rotatable bonds is 5. The van der Waals surface area contributed by atoms with Crippen molar-refractivity contribution in [1.82, 2.24) is 30.1 Å². The van der Waals surface area contributed by atoms with Crippen LogP contribution in [0.1, 0.15) is 5.69 Å². The molecule has 5 rings (SSSR count). The zero-order chi connectivity index (χ0) is 24.0. The summed E-state index contributed by atoms with van der Waals surface area (Å²) < 4.78 is 55.2. The molecule has 1 fully saturated rings. The fourth-order valence-electron chi connectivity index (χ4n) is 3.09. The van der Waals surface area contributed by atoms with Crippen molar-refractivity contribution in [1.29, 1.82) is 0 Å². The quantitative estimate of drug-likeness (QED) is 0.419. The first-order valence-electron chi connectivity index (χ1n) is 9.50. The summed E-state index contributed by atoms with van der Waals surface area (Å²) >= 11 is 12.6. The van der Waals surface area contributed by atoms with Crippen molar-refractivity contribution >= 4 is 34.9 Å². The minimum absolute atomic E-state index is 0.0569. The first-order chi connectivity index (χ1) is 16.2. The summed E-state index contributed by atoms with van der Waals surface area (Å²) in [5.41, 5.74) is -0.461. The highest BCUT2D eigenvalue weighted by molar-refractivity contribution is 6.36. The van der Waals surface area contributed by atoms with Gasteiger partial charge in [-0.2, -0.15) is 23.3 Å². The average molecular weight is 515 g/mol. The number of ether oxygens (including phenoxy) is 2. The largest absolute Gasteiger partial charge is 0.490 e. The van der Waals surface area contributed by atoms with E-state index in [2.05, 4.69) is 25.5 Å². The molecule has 1 atom stereocenters. The number of nitrogens with one attached hydrogen (secondary N) is 1. The summed E-state index contributed by atoms with van der Waals surface area (Å²) in [5.74, 6) is 0.289. The normalized spacial score (nSPS) is 16.0. The van der Waals surface area contributed by atoms with Crippen molar-refractivity contribution in [2.75, 3.05) is 13.2 Å². The Balaban J connectivity index is 1.38. The molecule has 0 radical (unpaired) electrons. The Kier molecular flexibility index (Phi) is 5.44. The second-order valence-electron chi connectivity index (χ2n) is 7.08. The number of benzene rings is 1. The van der Waals surface area contributed by atoms with Crippen LogP contribution in [0, 0.1) is 0 Å². The van der Waals surface area contributed by atoms with Crippen LogP contribution in [-0.2, 0) is 10.9 Å². The highest BCUT2D eigenvalue weighted by Crippen LogP contribution is 2.36. The molecule has 1 aliphatic heterocycles. The summed E-state index contributed by atoms with van der Waals surface area (Å²) in [6, 6.07) is 4.60. The lowest BCUT2D eigenvalue weighted by atomic mass is 10.2. The van der Waals surface area contributed by atoms with E-state index in [0.717, 1.165) is 10.6 Å². The van der Waals surface area contributed by atoms with Crippen LogP contribution in [0.4, 0.5) is 18.0 Å². The zero-order valence-electron chi connectivity index (χ0n) is 16.6. The minimum atomic E-state index is -4.60. The van der Waals surface area contributed by atoms with Gasteiger partial charge < -0.3 is 19.3 Å². The zero-order valence-corrected chi connectivity index (χ0v) is 18.1. The molecule has 0 bridgehead atoms. The van der Waals surface area contributed by atoms with Gasteiger partial charge in [-0.3, -0.25) is 0 Å². The second kappa shape index (κ2) is 8.33. The van der Waals surface area contributed by atoms with Crippen molar-refractivity contribution in [3.8, 4) is 28.7 Å². The van der Waals surface area contributed by atoms with Crippen LogP contribution in [0.5, 0.6) is 5.75 Å². The Morgan fingerprint density at radius 1 is 1.21 bits per heavy atom. The number of alkyl carbamates (subject to hydrolysis) is 1. The molecule has 0 unspecified atom stereocenters. The third-order valence-corrected chi connectivity index (χ3v) is 5.30.